The highest BCUT2D eigenvalue weighted by atomic mass is 19.1. The molecule has 0 amide bonds. The molecule has 1 N–H and O–H groups in total. The van der Waals surface area contributed by atoms with Crippen molar-refractivity contribution in [3.63, 3.8) is 0 Å². The van der Waals surface area contributed by atoms with Gasteiger partial charge in [-0.15, -0.1) is 0 Å². The lowest BCUT2D eigenvalue weighted by atomic mass is 9.83. The van der Waals surface area contributed by atoms with E-state index in [0.29, 0.717) is 0 Å². The van der Waals surface area contributed by atoms with Gasteiger partial charge in [0.1, 0.15) is 11.6 Å². The molecule has 0 aliphatic carbocycles. The first kappa shape index (κ1) is 18.3. The molecule has 0 fully saturated rings. The number of hydrogen-bond acceptors (Lipinski definition) is 1. The zero-order valence-corrected chi connectivity index (χ0v) is 15.2. The predicted octanol–water partition coefficient (Wildman–Crippen LogP) is 6.22. The molecule has 3 rings (SSSR count). The van der Waals surface area contributed by atoms with Gasteiger partial charge in [-0.1, -0.05) is 44.2 Å². The molecule has 0 spiro atoms. The Hall–Kier alpha value is -2.52. The summed E-state index contributed by atoms with van der Waals surface area (Å²) < 4.78 is 26.7. The Morgan fingerprint density at radius 1 is 0.846 bits per heavy atom. The highest BCUT2D eigenvalue weighted by molar-refractivity contribution is 5.82. The summed E-state index contributed by atoms with van der Waals surface area (Å²) >= 11 is 0. The first-order valence-electron chi connectivity index (χ1n) is 8.71. The Bertz CT molecular complexity index is 910. The van der Waals surface area contributed by atoms with E-state index in [2.05, 4.69) is 19.9 Å². The van der Waals surface area contributed by atoms with Crippen molar-refractivity contribution in [1.29, 1.82) is 0 Å². The number of benzene rings is 3. The monoisotopic (exact) mass is 352 g/mol. The van der Waals surface area contributed by atoms with Crippen molar-refractivity contribution in [3.8, 4) is 22.3 Å². The second kappa shape index (κ2) is 7.38. The van der Waals surface area contributed by atoms with Crippen molar-refractivity contribution in [1.82, 2.24) is 0 Å². The van der Waals surface area contributed by atoms with Crippen LogP contribution in [0, 0.1) is 18.6 Å². The molecule has 134 valence electrons. The van der Waals surface area contributed by atoms with Gasteiger partial charge < -0.3 is 5.11 Å². The first-order chi connectivity index (χ1) is 12.4. The van der Waals surface area contributed by atoms with Gasteiger partial charge in [-0.2, -0.15) is 0 Å². The third kappa shape index (κ3) is 3.40. The standard InChI is InChI=1S/C23H22F2O/c1-14(2)20-12-21(16-4-8-18(24)9-5-16)15(3)23(22(20)13-26)17-6-10-19(25)11-7-17/h4-12,14,26H,13H2,1-3H3. The molecule has 0 heterocycles. The Labute approximate surface area is 152 Å². The first-order valence-corrected chi connectivity index (χ1v) is 8.71. The van der Waals surface area contributed by atoms with Crippen LogP contribution in [0.5, 0.6) is 0 Å². The van der Waals surface area contributed by atoms with Crippen LogP contribution < -0.4 is 0 Å². The molecule has 3 aromatic rings. The zero-order chi connectivity index (χ0) is 18.8. The van der Waals surface area contributed by atoms with Crippen LogP contribution in [0.15, 0.2) is 54.6 Å². The smallest absolute Gasteiger partial charge is 0.123 e. The lowest BCUT2D eigenvalue weighted by molar-refractivity contribution is 0.280. The maximum absolute atomic E-state index is 13.4. The van der Waals surface area contributed by atoms with Crippen molar-refractivity contribution in [2.45, 2.75) is 33.3 Å². The second-order valence-corrected chi connectivity index (χ2v) is 6.82. The van der Waals surface area contributed by atoms with Crippen molar-refractivity contribution in [2.24, 2.45) is 0 Å². The lowest BCUT2D eigenvalue weighted by Crippen LogP contribution is -2.04. The minimum atomic E-state index is -0.296. The average molecular weight is 352 g/mol. The van der Waals surface area contributed by atoms with Gasteiger partial charge in [0, 0.05) is 0 Å². The quantitative estimate of drug-likeness (QED) is 0.591. The van der Waals surface area contributed by atoms with Gasteiger partial charge in [0.05, 0.1) is 6.61 Å². The Kier molecular flexibility index (Phi) is 5.19. The molecule has 0 unspecified atom stereocenters. The molecule has 0 atom stereocenters. The molecule has 0 aliphatic rings. The van der Waals surface area contributed by atoms with Crippen LogP contribution in [0.1, 0.15) is 36.5 Å². The van der Waals surface area contributed by atoms with Gasteiger partial charge in [0.25, 0.3) is 0 Å². The molecule has 3 aromatic carbocycles. The number of aliphatic hydroxyl groups excluding tert-OH is 1. The summed E-state index contributed by atoms with van der Waals surface area (Å²) in [5, 5.41) is 10.1. The Morgan fingerprint density at radius 3 is 1.81 bits per heavy atom. The maximum Gasteiger partial charge on any atom is 0.123 e. The van der Waals surface area contributed by atoms with Gasteiger partial charge in [-0.05, 0) is 76.1 Å². The summed E-state index contributed by atoms with van der Waals surface area (Å²) in [5.74, 6) is -0.368. The van der Waals surface area contributed by atoms with E-state index < -0.39 is 0 Å². The Balaban J connectivity index is 2.33. The van der Waals surface area contributed by atoms with Gasteiger partial charge >= 0.3 is 0 Å². The van der Waals surface area contributed by atoms with Gasteiger partial charge in [-0.25, -0.2) is 8.78 Å². The zero-order valence-electron chi connectivity index (χ0n) is 15.2. The van der Waals surface area contributed by atoms with Crippen LogP contribution in [0.4, 0.5) is 8.78 Å². The van der Waals surface area contributed by atoms with Crippen LogP contribution in [0.25, 0.3) is 22.3 Å². The molecule has 1 nitrogen and oxygen atoms in total. The number of halogens is 2. The maximum atomic E-state index is 13.4. The minimum absolute atomic E-state index is 0.0925. The number of hydrogen-bond donors (Lipinski definition) is 1. The molecule has 0 saturated carbocycles. The lowest BCUT2D eigenvalue weighted by Gasteiger charge is -2.22. The van der Waals surface area contributed by atoms with E-state index in [1.54, 1.807) is 24.3 Å². The highest BCUT2D eigenvalue weighted by Gasteiger charge is 2.19. The number of aliphatic hydroxyl groups is 1. The van der Waals surface area contributed by atoms with Gasteiger partial charge in [0.2, 0.25) is 0 Å². The molecule has 0 saturated heterocycles. The second-order valence-electron chi connectivity index (χ2n) is 6.82. The van der Waals surface area contributed by atoms with E-state index in [4.69, 9.17) is 0 Å². The fourth-order valence-electron chi connectivity index (χ4n) is 3.48. The van der Waals surface area contributed by atoms with E-state index >= 15 is 0 Å². The van der Waals surface area contributed by atoms with E-state index in [1.807, 2.05) is 6.92 Å². The van der Waals surface area contributed by atoms with E-state index in [9.17, 15) is 13.9 Å². The average Bonchev–Trinajstić information content (AvgIpc) is 2.63. The van der Waals surface area contributed by atoms with Gasteiger partial charge in [-0.3, -0.25) is 0 Å². The summed E-state index contributed by atoms with van der Waals surface area (Å²) in [6.45, 7) is 6.05. The SMILES string of the molecule is Cc1c(-c2ccc(F)cc2)cc(C(C)C)c(CO)c1-c1ccc(F)cc1. The topological polar surface area (TPSA) is 20.2 Å². The van der Waals surface area contributed by atoms with E-state index in [0.717, 1.165) is 38.9 Å². The summed E-state index contributed by atoms with van der Waals surface area (Å²) in [7, 11) is 0. The van der Waals surface area contributed by atoms with E-state index in [-0.39, 0.29) is 24.2 Å². The summed E-state index contributed by atoms with van der Waals surface area (Å²) in [4.78, 5) is 0. The van der Waals surface area contributed by atoms with Crippen LogP contribution >= 0.6 is 0 Å². The van der Waals surface area contributed by atoms with Crippen LogP contribution in [0.3, 0.4) is 0 Å². The summed E-state index contributed by atoms with van der Waals surface area (Å²) in [5.41, 5.74) is 6.56. The largest absolute Gasteiger partial charge is 0.392 e. The summed E-state index contributed by atoms with van der Waals surface area (Å²) in [6, 6.07) is 14.8. The third-order valence-corrected chi connectivity index (χ3v) is 4.80. The highest BCUT2D eigenvalue weighted by Crippen LogP contribution is 2.39. The van der Waals surface area contributed by atoms with Crippen molar-refractivity contribution in [3.05, 3.63) is 82.9 Å². The van der Waals surface area contributed by atoms with Crippen molar-refractivity contribution < 1.29 is 13.9 Å². The van der Waals surface area contributed by atoms with Crippen LogP contribution in [0.2, 0.25) is 0 Å². The predicted molar refractivity (Wildman–Crippen MR) is 102 cm³/mol. The third-order valence-electron chi connectivity index (χ3n) is 4.80. The number of rotatable bonds is 4. The van der Waals surface area contributed by atoms with Gasteiger partial charge in [0.15, 0.2) is 0 Å². The normalized spacial score (nSPS) is 11.2. The molecule has 0 bridgehead atoms. The minimum Gasteiger partial charge on any atom is -0.392 e. The fraction of sp³-hybridized carbons (Fsp3) is 0.217. The van der Waals surface area contributed by atoms with Crippen LogP contribution in [-0.2, 0) is 6.61 Å². The molecule has 0 aromatic heterocycles. The molecule has 3 heteroatoms. The van der Waals surface area contributed by atoms with Crippen LogP contribution in [-0.4, -0.2) is 5.11 Å². The van der Waals surface area contributed by atoms with Crippen molar-refractivity contribution >= 4 is 0 Å². The molecule has 26 heavy (non-hydrogen) atoms. The fourth-order valence-corrected chi connectivity index (χ4v) is 3.48. The molecular weight excluding hydrogens is 330 g/mol. The molecule has 0 aliphatic heterocycles. The summed E-state index contributed by atoms with van der Waals surface area (Å²) in [6.07, 6.45) is 0. The Morgan fingerprint density at radius 2 is 1.35 bits per heavy atom. The van der Waals surface area contributed by atoms with E-state index in [1.165, 1.54) is 24.3 Å². The van der Waals surface area contributed by atoms with Crippen molar-refractivity contribution in [2.75, 3.05) is 0 Å². The molecule has 0 radical (unpaired) electrons. The molecular formula is C23H22F2O.